The molecule has 0 atom stereocenters. The first-order chi connectivity index (χ1) is 12.7. The molecule has 0 aliphatic rings. The van der Waals surface area contributed by atoms with Crippen molar-refractivity contribution in [3.05, 3.63) is 51.7 Å². The van der Waals surface area contributed by atoms with E-state index in [4.69, 9.17) is 21.4 Å². The van der Waals surface area contributed by atoms with Crippen molar-refractivity contribution in [1.29, 1.82) is 0 Å². The van der Waals surface area contributed by atoms with Gasteiger partial charge in [-0.1, -0.05) is 11.6 Å². The van der Waals surface area contributed by atoms with Gasteiger partial charge in [-0.3, -0.25) is 0 Å². The fraction of sp³-hybridized carbons (Fsp3) is 0.188. The number of sulfonamides is 1. The van der Waals surface area contributed by atoms with E-state index in [0.29, 0.717) is 15.7 Å². The molecule has 0 bridgehead atoms. The van der Waals surface area contributed by atoms with Crippen LogP contribution in [0, 0.1) is 5.82 Å². The number of thioether (sulfide) groups is 1. The van der Waals surface area contributed by atoms with Crippen LogP contribution in [0.15, 0.2) is 50.7 Å². The minimum Gasteiger partial charge on any atom is -0.479 e. The third-order valence-electron chi connectivity index (χ3n) is 3.10. The third-order valence-corrected chi connectivity index (χ3v) is 6.39. The molecule has 27 heavy (non-hydrogen) atoms. The van der Waals surface area contributed by atoms with Gasteiger partial charge in [-0.05, 0) is 52.3 Å². The SMILES string of the molecule is O=C(O)COc1c(F)cc(SCCNS(=O)(=O)c2ccc(Cl)cc2)cc1Br. The zero-order valence-electron chi connectivity index (χ0n) is 13.6. The summed E-state index contributed by atoms with van der Waals surface area (Å²) in [6, 6.07) is 8.54. The first-order valence-corrected chi connectivity index (χ1v) is 11.0. The molecule has 0 fully saturated rings. The van der Waals surface area contributed by atoms with Gasteiger partial charge in [-0.25, -0.2) is 22.3 Å². The first-order valence-electron chi connectivity index (χ1n) is 7.41. The molecule has 2 aromatic carbocycles. The molecule has 2 aromatic rings. The van der Waals surface area contributed by atoms with Gasteiger partial charge in [0.25, 0.3) is 0 Å². The molecule has 0 saturated carbocycles. The Hall–Kier alpha value is -1.33. The van der Waals surface area contributed by atoms with Gasteiger partial charge in [-0.2, -0.15) is 0 Å². The summed E-state index contributed by atoms with van der Waals surface area (Å²) in [5.74, 6) is -1.76. The molecule has 11 heteroatoms. The molecule has 6 nitrogen and oxygen atoms in total. The Morgan fingerprint density at radius 1 is 1.30 bits per heavy atom. The fourth-order valence-corrected chi connectivity index (χ4v) is 4.75. The Morgan fingerprint density at radius 3 is 2.56 bits per heavy atom. The Labute approximate surface area is 173 Å². The lowest BCUT2D eigenvalue weighted by Crippen LogP contribution is -2.25. The molecule has 0 saturated heterocycles. The molecule has 146 valence electrons. The number of aliphatic carboxylic acids is 1. The Morgan fingerprint density at radius 2 is 1.96 bits per heavy atom. The van der Waals surface area contributed by atoms with Crippen LogP contribution < -0.4 is 9.46 Å². The number of carboxylic acids is 1. The van der Waals surface area contributed by atoms with Crippen LogP contribution in [0.1, 0.15) is 0 Å². The summed E-state index contributed by atoms with van der Waals surface area (Å²) in [7, 11) is -3.65. The van der Waals surface area contributed by atoms with Gasteiger partial charge in [0.1, 0.15) is 0 Å². The van der Waals surface area contributed by atoms with Crippen LogP contribution in [0.25, 0.3) is 0 Å². The van der Waals surface area contributed by atoms with Gasteiger partial charge in [0.05, 0.1) is 9.37 Å². The van der Waals surface area contributed by atoms with Crippen molar-refractivity contribution in [3.63, 3.8) is 0 Å². The molecular formula is C16H14BrClFNO5S2. The summed E-state index contributed by atoms with van der Waals surface area (Å²) in [6.07, 6.45) is 0. The highest BCUT2D eigenvalue weighted by atomic mass is 79.9. The van der Waals surface area contributed by atoms with Crippen LogP contribution in [0.5, 0.6) is 5.75 Å². The fourth-order valence-electron chi connectivity index (χ4n) is 1.93. The zero-order chi connectivity index (χ0) is 20.0. The summed E-state index contributed by atoms with van der Waals surface area (Å²) < 4.78 is 45.9. The van der Waals surface area contributed by atoms with Gasteiger partial charge >= 0.3 is 5.97 Å². The number of hydrogen-bond donors (Lipinski definition) is 2. The maximum Gasteiger partial charge on any atom is 0.341 e. The molecule has 0 aliphatic carbocycles. The van der Waals surface area contributed by atoms with Crippen LogP contribution in [-0.2, 0) is 14.8 Å². The highest BCUT2D eigenvalue weighted by Crippen LogP contribution is 2.33. The maximum atomic E-state index is 14.0. The number of ether oxygens (including phenoxy) is 1. The van der Waals surface area contributed by atoms with Gasteiger partial charge in [0.15, 0.2) is 18.2 Å². The van der Waals surface area contributed by atoms with E-state index in [1.54, 1.807) is 6.07 Å². The van der Waals surface area contributed by atoms with E-state index in [-0.39, 0.29) is 21.7 Å². The lowest BCUT2D eigenvalue weighted by atomic mass is 10.3. The van der Waals surface area contributed by atoms with Crippen molar-refractivity contribution >= 4 is 55.3 Å². The van der Waals surface area contributed by atoms with Gasteiger partial charge in [0.2, 0.25) is 10.0 Å². The molecular weight excluding hydrogens is 485 g/mol. The molecule has 0 aliphatic heterocycles. The van der Waals surface area contributed by atoms with Crippen molar-refractivity contribution < 1.29 is 27.4 Å². The summed E-state index contributed by atoms with van der Waals surface area (Å²) in [5.41, 5.74) is 0. The Kier molecular flexibility index (Phi) is 7.92. The number of carbonyl (C=O) groups is 1. The zero-order valence-corrected chi connectivity index (χ0v) is 17.6. The molecule has 0 radical (unpaired) electrons. The Bertz CT molecular complexity index is 902. The lowest BCUT2D eigenvalue weighted by Gasteiger charge is -2.10. The number of hydrogen-bond acceptors (Lipinski definition) is 5. The molecule has 0 aromatic heterocycles. The van der Waals surface area contributed by atoms with Crippen LogP contribution >= 0.6 is 39.3 Å². The van der Waals surface area contributed by atoms with Gasteiger partial charge in [-0.15, -0.1) is 11.8 Å². The molecule has 2 rings (SSSR count). The van der Waals surface area contributed by atoms with Crippen molar-refractivity contribution in [2.45, 2.75) is 9.79 Å². The van der Waals surface area contributed by atoms with E-state index in [1.165, 1.54) is 42.1 Å². The second-order valence-corrected chi connectivity index (χ2v) is 9.32. The first kappa shape index (κ1) is 22.0. The second kappa shape index (κ2) is 9.74. The summed E-state index contributed by atoms with van der Waals surface area (Å²) >= 11 is 10.1. The topological polar surface area (TPSA) is 92.7 Å². The largest absolute Gasteiger partial charge is 0.479 e. The molecule has 0 unspecified atom stereocenters. The van der Waals surface area contributed by atoms with E-state index < -0.39 is 28.4 Å². The van der Waals surface area contributed by atoms with Crippen LogP contribution in [-0.4, -0.2) is 38.4 Å². The van der Waals surface area contributed by atoms with Crippen LogP contribution in [0.3, 0.4) is 0 Å². The average molecular weight is 499 g/mol. The summed E-state index contributed by atoms with van der Waals surface area (Å²) in [5, 5.41) is 9.02. The minimum atomic E-state index is -3.65. The smallest absolute Gasteiger partial charge is 0.341 e. The monoisotopic (exact) mass is 497 g/mol. The van der Waals surface area contributed by atoms with Gasteiger partial charge in [0, 0.05) is 22.2 Å². The standard InChI is InChI=1S/C16H14BrClFNO5S2/c17-13-7-11(8-14(19)16(13)25-9-15(21)22)26-6-5-20-27(23,24)12-3-1-10(18)2-4-12/h1-4,7-8,20H,5-6,9H2,(H,21,22). The van der Waals surface area contributed by atoms with Crippen molar-refractivity contribution in [3.8, 4) is 5.75 Å². The van der Waals surface area contributed by atoms with Gasteiger partial charge < -0.3 is 9.84 Å². The highest BCUT2D eigenvalue weighted by molar-refractivity contribution is 9.10. The van der Waals surface area contributed by atoms with E-state index in [9.17, 15) is 17.6 Å². The minimum absolute atomic E-state index is 0.102. The molecule has 0 amide bonds. The van der Waals surface area contributed by atoms with E-state index >= 15 is 0 Å². The quantitative estimate of drug-likeness (QED) is 0.404. The van der Waals surface area contributed by atoms with E-state index in [2.05, 4.69) is 20.7 Å². The van der Waals surface area contributed by atoms with Crippen molar-refractivity contribution in [1.82, 2.24) is 4.72 Å². The predicted molar refractivity (Wildman–Crippen MR) is 105 cm³/mol. The average Bonchev–Trinajstić information content (AvgIpc) is 2.58. The van der Waals surface area contributed by atoms with Crippen LogP contribution in [0.4, 0.5) is 4.39 Å². The summed E-state index contributed by atoms with van der Waals surface area (Å²) in [6.45, 7) is -0.527. The van der Waals surface area contributed by atoms with Crippen molar-refractivity contribution in [2.24, 2.45) is 0 Å². The normalized spacial score (nSPS) is 11.4. The number of rotatable bonds is 9. The number of carboxylic acid groups (broad SMARTS) is 1. The predicted octanol–water partition coefficient (Wildman–Crippen LogP) is 3.78. The molecule has 2 N–H and O–H groups in total. The van der Waals surface area contributed by atoms with E-state index in [1.807, 2.05) is 0 Å². The van der Waals surface area contributed by atoms with Crippen molar-refractivity contribution in [2.75, 3.05) is 18.9 Å². The third kappa shape index (κ3) is 6.65. The number of nitrogens with one attached hydrogen (secondary N) is 1. The Balaban J connectivity index is 1.91. The van der Waals surface area contributed by atoms with E-state index in [0.717, 1.165) is 0 Å². The molecule has 0 spiro atoms. The summed E-state index contributed by atoms with van der Waals surface area (Å²) in [4.78, 5) is 11.1. The molecule has 0 heterocycles. The maximum absolute atomic E-state index is 14.0. The lowest BCUT2D eigenvalue weighted by molar-refractivity contribution is -0.139. The van der Waals surface area contributed by atoms with Crippen LogP contribution in [0.2, 0.25) is 5.02 Å². The second-order valence-electron chi connectivity index (χ2n) is 5.10. The number of benzene rings is 2. The number of halogens is 3. The highest BCUT2D eigenvalue weighted by Gasteiger charge is 2.15.